The number of halogens is 2. The average molecular weight is 480 g/mol. The van der Waals surface area contributed by atoms with E-state index >= 15 is 0 Å². The Labute approximate surface area is 195 Å². The van der Waals surface area contributed by atoms with Gasteiger partial charge in [0.2, 0.25) is 0 Å². The Hall–Kier alpha value is -2.04. The van der Waals surface area contributed by atoms with E-state index in [2.05, 4.69) is 11.8 Å². The van der Waals surface area contributed by atoms with Crippen molar-refractivity contribution in [1.29, 1.82) is 0 Å². The van der Waals surface area contributed by atoms with Crippen molar-refractivity contribution < 1.29 is 19.4 Å². The molecule has 0 bridgehead atoms. The number of carbonyl (C=O) groups excluding carboxylic acids is 1. The molecule has 1 saturated heterocycles. The molecular formula is C23H23Cl2NO4S. The van der Waals surface area contributed by atoms with E-state index in [1.165, 1.54) is 6.07 Å². The number of hydrogen-bond donors (Lipinski definition) is 1. The summed E-state index contributed by atoms with van der Waals surface area (Å²) < 4.78 is 5.45. The molecule has 1 aliphatic heterocycles. The highest BCUT2D eigenvalue weighted by atomic mass is 35.5. The average Bonchev–Trinajstić information content (AvgIpc) is 3.11. The second-order valence-corrected chi connectivity index (χ2v) is 10.2. The number of ether oxygens (including phenoxy) is 1. The van der Waals surface area contributed by atoms with Gasteiger partial charge in [0.15, 0.2) is 0 Å². The van der Waals surface area contributed by atoms with E-state index in [4.69, 9.17) is 27.9 Å². The highest BCUT2D eigenvalue weighted by Crippen LogP contribution is 2.36. The second-order valence-electron chi connectivity index (χ2n) is 8.27. The van der Waals surface area contributed by atoms with Gasteiger partial charge in [-0.1, -0.05) is 35.0 Å². The van der Waals surface area contributed by atoms with Crippen molar-refractivity contribution in [1.82, 2.24) is 0 Å². The van der Waals surface area contributed by atoms with Crippen LogP contribution in [0.25, 0.3) is 0 Å². The molecule has 1 aliphatic rings. The third kappa shape index (κ3) is 5.81. The van der Waals surface area contributed by atoms with Crippen LogP contribution in [-0.4, -0.2) is 36.2 Å². The fourth-order valence-corrected chi connectivity index (χ4v) is 4.56. The molecule has 0 aliphatic carbocycles. The maximum absolute atomic E-state index is 13.6. The number of anilines is 1. The first-order valence-electron chi connectivity index (χ1n) is 9.83. The van der Waals surface area contributed by atoms with Gasteiger partial charge in [0, 0.05) is 29.7 Å². The lowest BCUT2D eigenvalue weighted by molar-refractivity contribution is 0.0701. The molecule has 8 heteroatoms. The Balaban J connectivity index is 2.12. The maximum Gasteiger partial charge on any atom is 0.348 e. The largest absolute Gasteiger partial charge is 0.477 e. The van der Waals surface area contributed by atoms with Crippen molar-refractivity contribution in [3.63, 3.8) is 0 Å². The molecule has 0 saturated carbocycles. The summed E-state index contributed by atoms with van der Waals surface area (Å²) >= 11 is 13.4. The van der Waals surface area contributed by atoms with Crippen molar-refractivity contribution in [3.05, 3.63) is 49.6 Å². The highest BCUT2D eigenvalue weighted by molar-refractivity contribution is 7.15. The van der Waals surface area contributed by atoms with Gasteiger partial charge >= 0.3 is 5.97 Å². The first kappa shape index (κ1) is 23.6. The topological polar surface area (TPSA) is 66.8 Å². The third-order valence-corrected chi connectivity index (χ3v) is 6.24. The fraction of sp³-hybridized carbons (Fsp3) is 0.391. The lowest BCUT2D eigenvalue weighted by Crippen LogP contribution is -2.44. The Morgan fingerprint density at radius 2 is 1.87 bits per heavy atom. The van der Waals surface area contributed by atoms with Crippen LogP contribution < -0.4 is 4.90 Å². The number of hydrogen-bond acceptors (Lipinski definition) is 4. The van der Waals surface area contributed by atoms with E-state index in [1.54, 1.807) is 23.1 Å². The van der Waals surface area contributed by atoms with Crippen molar-refractivity contribution in [2.45, 2.75) is 39.7 Å². The number of carboxylic acids is 1. The molecule has 1 aromatic heterocycles. The van der Waals surface area contributed by atoms with Gasteiger partial charge in [0.25, 0.3) is 5.91 Å². The van der Waals surface area contributed by atoms with Gasteiger partial charge in [0.05, 0.1) is 21.2 Å². The number of rotatable bonds is 4. The Kier molecular flexibility index (Phi) is 7.33. The molecule has 2 aromatic rings. The third-order valence-electron chi connectivity index (χ3n) is 4.66. The Morgan fingerprint density at radius 3 is 2.45 bits per heavy atom. The number of benzene rings is 1. The van der Waals surface area contributed by atoms with E-state index in [0.717, 1.165) is 11.3 Å². The Bertz CT molecular complexity index is 1060. The van der Waals surface area contributed by atoms with Crippen LogP contribution in [0, 0.1) is 17.3 Å². The first-order valence-corrected chi connectivity index (χ1v) is 11.4. The summed E-state index contributed by atoms with van der Waals surface area (Å²) in [7, 11) is 0. The molecule has 0 unspecified atom stereocenters. The number of amides is 1. The summed E-state index contributed by atoms with van der Waals surface area (Å²) in [4.78, 5) is 27.9. The minimum Gasteiger partial charge on any atom is -0.477 e. The minimum atomic E-state index is -1.10. The number of thiophene rings is 1. The van der Waals surface area contributed by atoms with Gasteiger partial charge in [0.1, 0.15) is 4.88 Å². The quantitative estimate of drug-likeness (QED) is 0.547. The summed E-state index contributed by atoms with van der Waals surface area (Å²) in [5, 5.41) is 10.5. The number of carbonyl (C=O) groups is 2. The molecule has 3 rings (SSSR count). The van der Waals surface area contributed by atoms with Gasteiger partial charge in [-0.3, -0.25) is 4.79 Å². The molecule has 31 heavy (non-hydrogen) atoms. The molecule has 1 fully saturated rings. The van der Waals surface area contributed by atoms with E-state index < -0.39 is 5.97 Å². The molecule has 0 atom stereocenters. The molecule has 1 amide bonds. The normalized spacial score (nSPS) is 14.6. The smallest absolute Gasteiger partial charge is 0.348 e. The predicted octanol–water partition coefficient (Wildman–Crippen LogP) is 5.98. The van der Waals surface area contributed by atoms with E-state index in [1.807, 2.05) is 20.8 Å². The summed E-state index contributed by atoms with van der Waals surface area (Å²) in [6.45, 7) is 6.92. The van der Waals surface area contributed by atoms with Gasteiger partial charge < -0.3 is 14.7 Å². The summed E-state index contributed by atoms with van der Waals surface area (Å²) in [5.41, 5.74) is 0.363. The minimum absolute atomic E-state index is 0.0723. The van der Waals surface area contributed by atoms with Crippen molar-refractivity contribution in [2.24, 2.45) is 5.41 Å². The van der Waals surface area contributed by atoms with Crippen LogP contribution >= 0.6 is 34.5 Å². The predicted molar refractivity (Wildman–Crippen MR) is 125 cm³/mol. The molecule has 1 aromatic carbocycles. The molecule has 164 valence electrons. The Morgan fingerprint density at radius 1 is 1.19 bits per heavy atom. The molecular weight excluding hydrogens is 457 g/mol. The zero-order valence-electron chi connectivity index (χ0n) is 17.5. The van der Waals surface area contributed by atoms with Crippen LogP contribution in [0.1, 0.15) is 58.5 Å². The summed E-state index contributed by atoms with van der Waals surface area (Å²) in [6, 6.07) is 6.12. The lowest BCUT2D eigenvalue weighted by atomic mass is 9.98. The fourth-order valence-electron chi connectivity index (χ4n) is 3.23. The molecule has 5 nitrogen and oxygen atoms in total. The van der Waals surface area contributed by atoms with E-state index in [-0.39, 0.29) is 32.8 Å². The van der Waals surface area contributed by atoms with Crippen LogP contribution in [0.15, 0.2) is 24.3 Å². The SMILES string of the molecule is CC(C)(C)C#Cc1cc(N(C(=O)c2ccc(Cl)cc2Cl)C2CCOCC2)c(C(=O)O)s1. The van der Waals surface area contributed by atoms with Crippen LogP contribution in [0.5, 0.6) is 0 Å². The zero-order valence-corrected chi connectivity index (χ0v) is 19.8. The lowest BCUT2D eigenvalue weighted by Gasteiger charge is -2.34. The van der Waals surface area contributed by atoms with Crippen LogP contribution in [-0.2, 0) is 4.74 Å². The number of aromatic carboxylic acids is 1. The van der Waals surface area contributed by atoms with Gasteiger partial charge in [-0.15, -0.1) is 11.3 Å². The number of carboxylic acid groups (broad SMARTS) is 1. The van der Waals surface area contributed by atoms with Crippen molar-refractivity contribution in [3.8, 4) is 11.8 Å². The van der Waals surface area contributed by atoms with E-state index in [0.29, 0.717) is 41.6 Å². The maximum atomic E-state index is 13.6. The first-order chi connectivity index (χ1) is 14.6. The molecule has 0 spiro atoms. The van der Waals surface area contributed by atoms with E-state index in [9.17, 15) is 14.7 Å². The molecule has 2 heterocycles. The van der Waals surface area contributed by atoms with Gasteiger partial charge in [-0.2, -0.15) is 0 Å². The standard InChI is InChI=1S/C23H23Cl2NO4S/c1-23(2,3)9-6-16-13-19(20(31-16)22(28)29)26(15-7-10-30-11-8-15)21(27)17-5-4-14(24)12-18(17)25/h4-5,12-13,15H,7-8,10-11H2,1-3H3,(H,28,29). The monoisotopic (exact) mass is 479 g/mol. The molecule has 1 N–H and O–H groups in total. The summed E-state index contributed by atoms with van der Waals surface area (Å²) in [5.74, 6) is 4.70. The van der Waals surface area contributed by atoms with Crippen molar-refractivity contribution >= 4 is 52.1 Å². The van der Waals surface area contributed by atoms with Gasteiger partial charge in [-0.25, -0.2) is 4.79 Å². The van der Waals surface area contributed by atoms with Crippen LogP contribution in [0.3, 0.4) is 0 Å². The summed E-state index contributed by atoms with van der Waals surface area (Å²) in [6.07, 6.45) is 1.18. The second kappa shape index (κ2) is 9.62. The van der Waals surface area contributed by atoms with Crippen molar-refractivity contribution in [2.75, 3.05) is 18.1 Å². The molecule has 0 radical (unpaired) electrons. The van der Waals surface area contributed by atoms with Gasteiger partial charge in [-0.05, 0) is 57.9 Å². The number of nitrogens with zero attached hydrogens (tertiary/aromatic N) is 1. The zero-order chi connectivity index (χ0) is 22.8. The van der Waals surface area contributed by atoms with Crippen LogP contribution in [0.4, 0.5) is 5.69 Å². The highest BCUT2D eigenvalue weighted by Gasteiger charge is 2.33. The van der Waals surface area contributed by atoms with Crippen LogP contribution in [0.2, 0.25) is 10.0 Å².